The Morgan fingerprint density at radius 3 is 2.53 bits per heavy atom. The highest BCUT2D eigenvalue weighted by molar-refractivity contribution is 6.34. The first-order valence-corrected chi connectivity index (χ1v) is 7.95. The van der Waals surface area contributed by atoms with Crippen molar-refractivity contribution in [2.45, 2.75) is 58.4 Å². The summed E-state index contributed by atoms with van der Waals surface area (Å²) in [4.78, 5) is 4.11. The van der Waals surface area contributed by atoms with Crippen molar-refractivity contribution in [2.75, 3.05) is 5.32 Å². The predicted octanol–water partition coefficient (Wildman–Crippen LogP) is 5.47. The number of nitrogens with one attached hydrogen (secondary N) is 1. The lowest BCUT2D eigenvalue weighted by Gasteiger charge is -2.30. The Labute approximate surface area is 125 Å². The van der Waals surface area contributed by atoms with Gasteiger partial charge in [0.15, 0.2) is 5.15 Å². The molecule has 1 fully saturated rings. The molecule has 0 spiro atoms. The van der Waals surface area contributed by atoms with E-state index < -0.39 is 0 Å². The van der Waals surface area contributed by atoms with E-state index in [4.69, 9.17) is 23.2 Å². The molecule has 2 nitrogen and oxygen atoms in total. The Morgan fingerprint density at radius 1 is 1.26 bits per heavy atom. The number of anilines is 1. The van der Waals surface area contributed by atoms with Gasteiger partial charge >= 0.3 is 0 Å². The minimum absolute atomic E-state index is 0.458. The standard InChI is InChI=1S/C15H22Cl2N2/c1-3-4-11-5-7-12(8-6-11)18-14-10(2)9-13(16)19-15(14)17/h9,11-12,18H,3-8H2,1-2H3. The summed E-state index contributed by atoms with van der Waals surface area (Å²) in [5, 5.41) is 4.50. The first kappa shape index (κ1) is 14.9. The predicted molar refractivity (Wildman–Crippen MR) is 83.3 cm³/mol. The Bertz CT molecular complexity index is 403. The fourth-order valence-corrected chi connectivity index (χ4v) is 3.56. The van der Waals surface area contributed by atoms with Gasteiger partial charge in [-0.3, -0.25) is 0 Å². The van der Waals surface area contributed by atoms with Crippen LogP contribution in [0.2, 0.25) is 10.3 Å². The molecule has 0 aliphatic heterocycles. The Morgan fingerprint density at radius 2 is 1.95 bits per heavy atom. The molecule has 0 saturated heterocycles. The van der Waals surface area contributed by atoms with Crippen molar-refractivity contribution in [1.29, 1.82) is 0 Å². The van der Waals surface area contributed by atoms with Crippen molar-refractivity contribution >= 4 is 28.9 Å². The van der Waals surface area contributed by atoms with E-state index in [2.05, 4.69) is 17.2 Å². The van der Waals surface area contributed by atoms with Crippen molar-refractivity contribution in [3.8, 4) is 0 Å². The van der Waals surface area contributed by atoms with Crippen molar-refractivity contribution in [1.82, 2.24) is 4.98 Å². The van der Waals surface area contributed by atoms with Gasteiger partial charge in [-0.15, -0.1) is 0 Å². The largest absolute Gasteiger partial charge is 0.380 e. The van der Waals surface area contributed by atoms with Crippen LogP contribution >= 0.6 is 23.2 Å². The minimum Gasteiger partial charge on any atom is -0.380 e. The molecule has 1 heterocycles. The molecule has 0 radical (unpaired) electrons. The molecular weight excluding hydrogens is 279 g/mol. The third kappa shape index (κ3) is 4.00. The molecule has 1 aliphatic rings. The first-order chi connectivity index (χ1) is 9.10. The molecule has 4 heteroatoms. The lowest BCUT2D eigenvalue weighted by Crippen LogP contribution is -2.26. The lowest BCUT2D eigenvalue weighted by molar-refractivity contribution is 0.319. The molecule has 1 aromatic heterocycles. The van der Waals surface area contributed by atoms with E-state index in [1.54, 1.807) is 0 Å². The maximum atomic E-state index is 6.17. The molecule has 1 aromatic rings. The SMILES string of the molecule is CCCC1CCC(Nc2c(C)cc(Cl)nc2Cl)CC1. The van der Waals surface area contributed by atoms with Crippen molar-refractivity contribution < 1.29 is 0 Å². The van der Waals surface area contributed by atoms with Gasteiger partial charge in [-0.05, 0) is 50.2 Å². The van der Waals surface area contributed by atoms with Crippen LogP contribution < -0.4 is 5.32 Å². The van der Waals surface area contributed by atoms with E-state index in [0.717, 1.165) is 17.2 Å². The highest BCUT2D eigenvalue weighted by Gasteiger charge is 2.21. The summed E-state index contributed by atoms with van der Waals surface area (Å²) in [6.45, 7) is 4.29. The number of aromatic nitrogens is 1. The van der Waals surface area contributed by atoms with E-state index in [9.17, 15) is 0 Å². The second-order valence-corrected chi connectivity index (χ2v) is 6.32. The van der Waals surface area contributed by atoms with E-state index in [-0.39, 0.29) is 0 Å². The smallest absolute Gasteiger partial charge is 0.154 e. The van der Waals surface area contributed by atoms with Crippen LogP contribution in [-0.2, 0) is 0 Å². The minimum atomic E-state index is 0.458. The van der Waals surface area contributed by atoms with E-state index in [1.165, 1.54) is 38.5 Å². The van der Waals surface area contributed by atoms with E-state index in [1.807, 2.05) is 13.0 Å². The number of aryl methyl sites for hydroxylation is 1. The Hall–Kier alpha value is -0.470. The zero-order chi connectivity index (χ0) is 13.8. The zero-order valence-corrected chi connectivity index (χ0v) is 13.2. The topological polar surface area (TPSA) is 24.9 Å². The molecule has 1 saturated carbocycles. The van der Waals surface area contributed by atoms with Crippen molar-refractivity contribution in [2.24, 2.45) is 5.92 Å². The quantitative estimate of drug-likeness (QED) is 0.746. The van der Waals surface area contributed by atoms with Gasteiger partial charge in [-0.1, -0.05) is 43.0 Å². The normalized spacial score (nSPS) is 23.4. The van der Waals surface area contributed by atoms with Gasteiger partial charge in [0.25, 0.3) is 0 Å². The fraction of sp³-hybridized carbons (Fsp3) is 0.667. The Balaban J connectivity index is 1.96. The van der Waals surface area contributed by atoms with Gasteiger partial charge in [0, 0.05) is 6.04 Å². The second-order valence-electron chi connectivity index (χ2n) is 5.58. The number of nitrogens with zero attached hydrogens (tertiary/aromatic N) is 1. The molecule has 19 heavy (non-hydrogen) atoms. The number of pyridine rings is 1. The second kappa shape index (κ2) is 6.81. The number of halogens is 2. The molecule has 1 aliphatic carbocycles. The molecule has 0 unspecified atom stereocenters. The van der Waals surface area contributed by atoms with Crippen LogP contribution in [0.5, 0.6) is 0 Å². The molecule has 0 bridgehead atoms. The number of rotatable bonds is 4. The number of hydrogen-bond acceptors (Lipinski definition) is 2. The van der Waals surface area contributed by atoms with Crippen LogP contribution in [0.4, 0.5) is 5.69 Å². The van der Waals surface area contributed by atoms with Gasteiger partial charge in [-0.25, -0.2) is 4.98 Å². The molecule has 106 valence electrons. The number of hydrogen-bond donors (Lipinski definition) is 1. The molecule has 2 rings (SSSR count). The summed E-state index contributed by atoms with van der Waals surface area (Å²) in [5.41, 5.74) is 2.02. The molecule has 0 amide bonds. The highest BCUT2D eigenvalue weighted by atomic mass is 35.5. The van der Waals surface area contributed by atoms with Gasteiger partial charge in [-0.2, -0.15) is 0 Å². The highest BCUT2D eigenvalue weighted by Crippen LogP contribution is 2.32. The lowest BCUT2D eigenvalue weighted by atomic mass is 9.83. The average molecular weight is 301 g/mol. The maximum absolute atomic E-state index is 6.17. The summed E-state index contributed by atoms with van der Waals surface area (Å²) in [6, 6.07) is 2.38. The third-order valence-electron chi connectivity index (χ3n) is 4.03. The average Bonchev–Trinajstić information content (AvgIpc) is 2.36. The Kier molecular flexibility index (Phi) is 5.35. The fourth-order valence-electron chi connectivity index (χ4n) is 2.98. The van der Waals surface area contributed by atoms with Crippen LogP contribution in [0.1, 0.15) is 51.0 Å². The van der Waals surface area contributed by atoms with Gasteiger partial charge in [0.1, 0.15) is 5.15 Å². The van der Waals surface area contributed by atoms with Crippen LogP contribution in [0.3, 0.4) is 0 Å². The van der Waals surface area contributed by atoms with Gasteiger partial charge in [0.05, 0.1) is 5.69 Å². The molecule has 0 aromatic carbocycles. The van der Waals surface area contributed by atoms with Crippen molar-refractivity contribution in [3.63, 3.8) is 0 Å². The summed E-state index contributed by atoms with van der Waals surface area (Å²) in [6.07, 6.45) is 7.77. The van der Waals surface area contributed by atoms with Gasteiger partial charge in [0.2, 0.25) is 0 Å². The summed E-state index contributed by atoms with van der Waals surface area (Å²) >= 11 is 12.1. The third-order valence-corrected chi connectivity index (χ3v) is 4.50. The van der Waals surface area contributed by atoms with Crippen LogP contribution in [0.15, 0.2) is 6.07 Å². The molecular formula is C15H22Cl2N2. The zero-order valence-electron chi connectivity index (χ0n) is 11.7. The van der Waals surface area contributed by atoms with Crippen molar-refractivity contribution in [3.05, 3.63) is 21.9 Å². The van der Waals surface area contributed by atoms with E-state index >= 15 is 0 Å². The van der Waals surface area contributed by atoms with E-state index in [0.29, 0.717) is 16.3 Å². The first-order valence-electron chi connectivity index (χ1n) is 7.19. The monoisotopic (exact) mass is 300 g/mol. The molecule has 0 atom stereocenters. The van der Waals surface area contributed by atoms with Crippen LogP contribution in [-0.4, -0.2) is 11.0 Å². The van der Waals surface area contributed by atoms with Crippen LogP contribution in [0.25, 0.3) is 0 Å². The summed E-state index contributed by atoms with van der Waals surface area (Å²) < 4.78 is 0. The van der Waals surface area contributed by atoms with Gasteiger partial charge < -0.3 is 5.32 Å². The summed E-state index contributed by atoms with van der Waals surface area (Å²) in [7, 11) is 0. The van der Waals surface area contributed by atoms with Crippen LogP contribution in [0, 0.1) is 12.8 Å². The molecule has 1 N–H and O–H groups in total. The maximum Gasteiger partial charge on any atom is 0.154 e. The summed E-state index contributed by atoms with van der Waals surface area (Å²) in [5.74, 6) is 0.919.